The zero-order chi connectivity index (χ0) is 12.3. The topological polar surface area (TPSA) is 29.5 Å². The largest absolute Gasteiger partial charge is 0.487 e. The second-order valence-corrected chi connectivity index (χ2v) is 5.04. The Balaban J connectivity index is 2.01. The summed E-state index contributed by atoms with van der Waals surface area (Å²) in [4.78, 5) is 12.9. The van der Waals surface area contributed by atoms with Crippen LogP contribution in [0, 0.1) is 0 Å². The van der Waals surface area contributed by atoms with Crippen LogP contribution in [0.2, 0.25) is 0 Å². The number of aldehydes is 1. The van der Waals surface area contributed by atoms with Crippen molar-refractivity contribution < 1.29 is 9.53 Å². The first-order chi connectivity index (χ1) is 8.11. The third-order valence-electron chi connectivity index (χ3n) is 3.43. The van der Waals surface area contributed by atoms with Crippen LogP contribution >= 0.6 is 0 Å². The molecule has 92 valence electrons. The Hall–Kier alpha value is -1.35. The van der Waals surface area contributed by atoms with E-state index in [4.69, 9.17) is 4.74 Å². The number of ether oxygens (including phenoxy) is 1. The van der Waals surface area contributed by atoms with Crippen LogP contribution in [0.1, 0.15) is 30.1 Å². The highest BCUT2D eigenvalue weighted by Gasteiger charge is 2.30. The quantitative estimate of drug-likeness (QED) is 0.751. The number of carbonyl (C=O) groups is 1. The van der Waals surface area contributed by atoms with Gasteiger partial charge in [0, 0.05) is 18.7 Å². The van der Waals surface area contributed by atoms with Crippen LogP contribution in [-0.4, -0.2) is 36.9 Å². The molecule has 0 aliphatic carbocycles. The van der Waals surface area contributed by atoms with Crippen molar-refractivity contribution in [3.8, 4) is 5.75 Å². The van der Waals surface area contributed by atoms with Gasteiger partial charge in [-0.2, -0.15) is 0 Å². The summed E-state index contributed by atoms with van der Waals surface area (Å²) in [6.07, 6.45) is 2.93. The number of benzene rings is 1. The lowest BCUT2D eigenvalue weighted by atomic mass is 9.93. The number of nitrogens with zero attached hydrogens (tertiary/aromatic N) is 1. The van der Waals surface area contributed by atoms with E-state index in [0.29, 0.717) is 5.56 Å². The summed E-state index contributed by atoms with van der Waals surface area (Å²) in [7, 11) is 2.14. The maximum absolute atomic E-state index is 10.6. The number of rotatable bonds is 3. The van der Waals surface area contributed by atoms with E-state index < -0.39 is 0 Å². The summed E-state index contributed by atoms with van der Waals surface area (Å²) in [5.74, 6) is 0.850. The van der Waals surface area contributed by atoms with Gasteiger partial charge >= 0.3 is 0 Å². The molecule has 1 aromatic rings. The third-order valence-corrected chi connectivity index (χ3v) is 3.43. The Morgan fingerprint density at radius 3 is 2.35 bits per heavy atom. The lowest BCUT2D eigenvalue weighted by Gasteiger charge is -2.38. The molecule has 2 rings (SSSR count). The summed E-state index contributed by atoms with van der Waals surface area (Å²) in [6.45, 7) is 4.31. The first kappa shape index (κ1) is 12.1. The van der Waals surface area contributed by atoms with Gasteiger partial charge in [-0.15, -0.1) is 0 Å². The first-order valence-electron chi connectivity index (χ1n) is 6.04. The van der Waals surface area contributed by atoms with Crippen molar-refractivity contribution in [2.45, 2.75) is 25.4 Å². The minimum atomic E-state index is -0.0742. The second-order valence-electron chi connectivity index (χ2n) is 5.04. The number of piperidine rings is 1. The Morgan fingerprint density at radius 2 is 1.82 bits per heavy atom. The molecule has 17 heavy (non-hydrogen) atoms. The van der Waals surface area contributed by atoms with Crippen molar-refractivity contribution in [3.05, 3.63) is 29.8 Å². The fourth-order valence-electron chi connectivity index (χ4n) is 2.09. The fraction of sp³-hybridized carbons (Fsp3) is 0.500. The standard InChI is InChI=1S/C14H19NO2/c1-14(7-9-15(2)10-8-14)17-13-5-3-12(11-16)4-6-13/h3-6,11H,7-10H2,1-2H3. The number of carbonyl (C=O) groups excluding carboxylic acids is 1. The van der Waals surface area contributed by atoms with Gasteiger partial charge in [0.15, 0.2) is 0 Å². The summed E-state index contributed by atoms with van der Waals surface area (Å²) < 4.78 is 6.05. The normalized spacial score (nSPS) is 19.9. The van der Waals surface area contributed by atoms with Crippen LogP contribution in [0.25, 0.3) is 0 Å². The van der Waals surface area contributed by atoms with Crippen molar-refractivity contribution in [3.63, 3.8) is 0 Å². The maximum Gasteiger partial charge on any atom is 0.150 e. The van der Waals surface area contributed by atoms with Crippen LogP contribution in [0.4, 0.5) is 0 Å². The van der Waals surface area contributed by atoms with Gasteiger partial charge in [0.05, 0.1) is 0 Å². The molecule has 1 heterocycles. The molecule has 1 aromatic carbocycles. The Kier molecular flexibility index (Phi) is 3.48. The van der Waals surface area contributed by atoms with Gasteiger partial charge in [0.2, 0.25) is 0 Å². The lowest BCUT2D eigenvalue weighted by Crippen LogP contribution is -2.44. The smallest absolute Gasteiger partial charge is 0.150 e. The highest BCUT2D eigenvalue weighted by molar-refractivity contribution is 5.74. The van der Waals surface area contributed by atoms with Crippen LogP contribution < -0.4 is 4.74 Å². The van der Waals surface area contributed by atoms with Gasteiger partial charge in [-0.25, -0.2) is 0 Å². The van der Waals surface area contributed by atoms with E-state index in [9.17, 15) is 4.79 Å². The minimum absolute atomic E-state index is 0.0742. The molecular formula is C14H19NO2. The minimum Gasteiger partial charge on any atom is -0.487 e. The van der Waals surface area contributed by atoms with Crippen LogP contribution in [-0.2, 0) is 0 Å². The molecule has 0 atom stereocenters. The molecule has 1 fully saturated rings. The molecule has 0 spiro atoms. The summed E-state index contributed by atoms with van der Waals surface area (Å²) in [5.41, 5.74) is 0.612. The highest BCUT2D eigenvalue weighted by Crippen LogP contribution is 2.27. The molecule has 0 amide bonds. The van der Waals surface area contributed by atoms with Crippen LogP contribution in [0.3, 0.4) is 0 Å². The average molecular weight is 233 g/mol. The molecule has 3 nitrogen and oxygen atoms in total. The molecule has 3 heteroatoms. The third kappa shape index (κ3) is 3.07. The predicted molar refractivity (Wildman–Crippen MR) is 67.6 cm³/mol. The van der Waals surface area contributed by atoms with E-state index in [0.717, 1.165) is 38.0 Å². The van der Waals surface area contributed by atoms with E-state index in [2.05, 4.69) is 18.9 Å². The Morgan fingerprint density at radius 1 is 1.24 bits per heavy atom. The van der Waals surface area contributed by atoms with Gasteiger partial charge in [0.25, 0.3) is 0 Å². The second kappa shape index (κ2) is 4.88. The highest BCUT2D eigenvalue weighted by atomic mass is 16.5. The molecular weight excluding hydrogens is 214 g/mol. The first-order valence-corrected chi connectivity index (χ1v) is 6.04. The molecule has 1 aliphatic heterocycles. The average Bonchev–Trinajstić information content (AvgIpc) is 2.34. The van der Waals surface area contributed by atoms with E-state index in [1.807, 2.05) is 12.1 Å². The van der Waals surface area contributed by atoms with Crippen molar-refractivity contribution in [1.29, 1.82) is 0 Å². The molecule has 0 N–H and O–H groups in total. The Bertz CT molecular complexity index is 378. The zero-order valence-electron chi connectivity index (χ0n) is 10.5. The van der Waals surface area contributed by atoms with Crippen molar-refractivity contribution in [1.82, 2.24) is 4.90 Å². The number of hydrogen-bond acceptors (Lipinski definition) is 3. The van der Waals surface area contributed by atoms with E-state index in [1.54, 1.807) is 12.1 Å². The van der Waals surface area contributed by atoms with E-state index >= 15 is 0 Å². The summed E-state index contributed by atoms with van der Waals surface area (Å²) >= 11 is 0. The summed E-state index contributed by atoms with van der Waals surface area (Å²) in [6, 6.07) is 7.32. The number of likely N-dealkylation sites (tertiary alicyclic amines) is 1. The lowest BCUT2D eigenvalue weighted by molar-refractivity contribution is 0.0241. The SMILES string of the molecule is CN1CCC(C)(Oc2ccc(C=O)cc2)CC1. The zero-order valence-corrected chi connectivity index (χ0v) is 10.5. The summed E-state index contributed by atoms with van der Waals surface area (Å²) in [5, 5.41) is 0. The van der Waals surface area contributed by atoms with Crippen molar-refractivity contribution >= 4 is 6.29 Å². The molecule has 1 aliphatic rings. The van der Waals surface area contributed by atoms with E-state index in [1.165, 1.54) is 0 Å². The van der Waals surface area contributed by atoms with E-state index in [-0.39, 0.29) is 5.60 Å². The van der Waals surface area contributed by atoms with Gasteiger partial charge < -0.3 is 9.64 Å². The van der Waals surface area contributed by atoms with Crippen molar-refractivity contribution in [2.24, 2.45) is 0 Å². The predicted octanol–water partition coefficient (Wildman–Crippen LogP) is 2.36. The molecule has 0 unspecified atom stereocenters. The van der Waals surface area contributed by atoms with Gasteiger partial charge in [0.1, 0.15) is 17.6 Å². The number of hydrogen-bond donors (Lipinski definition) is 0. The van der Waals surface area contributed by atoms with Gasteiger partial charge in [-0.05, 0) is 51.1 Å². The van der Waals surface area contributed by atoms with Gasteiger partial charge in [-0.1, -0.05) is 0 Å². The maximum atomic E-state index is 10.6. The fourth-order valence-corrected chi connectivity index (χ4v) is 2.09. The monoisotopic (exact) mass is 233 g/mol. The molecule has 0 radical (unpaired) electrons. The van der Waals surface area contributed by atoms with Crippen molar-refractivity contribution in [2.75, 3.05) is 20.1 Å². The van der Waals surface area contributed by atoms with Crippen LogP contribution in [0.15, 0.2) is 24.3 Å². The molecule has 0 aromatic heterocycles. The van der Waals surface area contributed by atoms with Crippen LogP contribution in [0.5, 0.6) is 5.75 Å². The Labute approximate surface area is 102 Å². The molecule has 1 saturated heterocycles. The van der Waals surface area contributed by atoms with Gasteiger partial charge in [-0.3, -0.25) is 4.79 Å². The molecule has 0 bridgehead atoms. The molecule has 0 saturated carbocycles.